The number of piperidine rings is 1. The Morgan fingerprint density at radius 2 is 1.75 bits per heavy atom. The highest BCUT2D eigenvalue weighted by Gasteiger charge is 2.33. The Labute approximate surface area is 244 Å². The van der Waals surface area contributed by atoms with Gasteiger partial charge in [-0.3, -0.25) is 9.52 Å². The average Bonchev–Trinajstić information content (AvgIpc) is 2.90. The van der Waals surface area contributed by atoms with Crippen molar-refractivity contribution in [2.45, 2.75) is 30.4 Å². The third kappa shape index (κ3) is 7.27. The number of methoxy groups -OCH3 is 1. The number of halogens is 2. The fourth-order valence-electron chi connectivity index (χ4n) is 4.40. The summed E-state index contributed by atoms with van der Waals surface area (Å²) in [4.78, 5) is 13.0. The fourth-order valence-corrected chi connectivity index (χ4v) is 7.66. The van der Waals surface area contributed by atoms with E-state index in [4.69, 9.17) is 27.9 Å². The van der Waals surface area contributed by atoms with Crippen LogP contribution in [0.3, 0.4) is 0 Å². The van der Waals surface area contributed by atoms with E-state index >= 15 is 0 Å². The normalized spacial score (nSPS) is 16.4. The Morgan fingerprint density at radius 3 is 2.42 bits per heavy atom. The number of benzene rings is 3. The standard InChI is InChI=1S/C27H29Cl2N3O6S2/c1-18-5-12-26(38-2)25(14-18)31-40(36,37)23-10-8-22(9-11-23)30-27(33)19-4-3-13-32(16-19)39(34,35)17-20-6-7-21(28)15-24(20)29/h5-12,14-15,19,31H,3-4,13,16-17H2,1-2H3,(H,30,33). The van der Waals surface area contributed by atoms with Gasteiger partial charge in [0.2, 0.25) is 15.9 Å². The molecule has 1 heterocycles. The summed E-state index contributed by atoms with van der Waals surface area (Å²) in [5.41, 5.74) is 2.00. The number of nitrogens with zero attached hydrogens (tertiary/aromatic N) is 1. The lowest BCUT2D eigenvalue weighted by molar-refractivity contribution is -0.120. The van der Waals surface area contributed by atoms with Gasteiger partial charge in [-0.2, -0.15) is 0 Å². The van der Waals surface area contributed by atoms with E-state index in [1.807, 2.05) is 13.0 Å². The zero-order valence-corrected chi connectivity index (χ0v) is 25.0. The SMILES string of the molecule is COc1ccc(C)cc1NS(=O)(=O)c1ccc(NC(=O)C2CCCN(S(=O)(=O)Cc3ccc(Cl)cc3Cl)C2)cc1. The number of ether oxygens (including phenoxy) is 1. The van der Waals surface area contributed by atoms with E-state index in [0.717, 1.165) is 5.56 Å². The molecule has 1 unspecified atom stereocenters. The minimum absolute atomic E-state index is 0.00449. The predicted octanol–water partition coefficient (Wildman–Crippen LogP) is 5.29. The number of sulfonamides is 2. The van der Waals surface area contributed by atoms with Gasteiger partial charge in [-0.05, 0) is 79.4 Å². The average molecular weight is 627 g/mol. The Morgan fingerprint density at radius 1 is 1.02 bits per heavy atom. The lowest BCUT2D eigenvalue weighted by Gasteiger charge is -2.31. The van der Waals surface area contributed by atoms with Crippen LogP contribution in [0.25, 0.3) is 0 Å². The third-order valence-electron chi connectivity index (χ3n) is 6.53. The quantitative estimate of drug-likeness (QED) is 0.333. The van der Waals surface area contributed by atoms with Gasteiger partial charge in [0, 0.05) is 28.8 Å². The van der Waals surface area contributed by atoms with E-state index in [1.165, 1.54) is 41.7 Å². The largest absolute Gasteiger partial charge is 0.495 e. The summed E-state index contributed by atoms with van der Waals surface area (Å²) in [6.45, 7) is 2.18. The van der Waals surface area contributed by atoms with Crippen molar-refractivity contribution in [2.75, 3.05) is 30.2 Å². The van der Waals surface area contributed by atoms with Crippen LogP contribution in [0, 0.1) is 12.8 Å². The molecule has 9 nitrogen and oxygen atoms in total. The van der Waals surface area contributed by atoms with Crippen LogP contribution in [0.15, 0.2) is 65.6 Å². The third-order valence-corrected chi connectivity index (χ3v) is 10.3. The summed E-state index contributed by atoms with van der Waals surface area (Å²) in [7, 11) is -6.19. The molecule has 1 aliphatic heterocycles. The van der Waals surface area contributed by atoms with Gasteiger partial charge < -0.3 is 10.1 Å². The molecule has 1 amide bonds. The number of nitrogens with one attached hydrogen (secondary N) is 2. The number of hydrogen-bond acceptors (Lipinski definition) is 6. The maximum absolute atomic E-state index is 13.1. The highest BCUT2D eigenvalue weighted by atomic mass is 35.5. The molecule has 0 aliphatic carbocycles. The Hall–Kier alpha value is -2.83. The highest BCUT2D eigenvalue weighted by molar-refractivity contribution is 7.92. The minimum Gasteiger partial charge on any atom is -0.495 e. The van der Waals surface area contributed by atoms with Crippen LogP contribution in [-0.2, 0) is 30.6 Å². The second-order valence-electron chi connectivity index (χ2n) is 9.51. The van der Waals surface area contributed by atoms with Gasteiger partial charge in [0.25, 0.3) is 10.0 Å². The van der Waals surface area contributed by atoms with Crippen molar-refractivity contribution in [3.8, 4) is 5.75 Å². The summed E-state index contributed by atoms with van der Waals surface area (Å²) in [5, 5.41) is 3.45. The molecule has 2 N–H and O–H groups in total. The van der Waals surface area contributed by atoms with E-state index in [9.17, 15) is 21.6 Å². The molecular weight excluding hydrogens is 597 g/mol. The Kier molecular flexibility index (Phi) is 9.31. The molecular formula is C27H29Cl2N3O6S2. The minimum atomic E-state index is -3.92. The fraction of sp³-hybridized carbons (Fsp3) is 0.296. The summed E-state index contributed by atoms with van der Waals surface area (Å²) >= 11 is 12.1. The number of rotatable bonds is 9. The molecule has 1 atom stereocenters. The number of anilines is 2. The van der Waals surface area contributed by atoms with Crippen molar-refractivity contribution in [3.63, 3.8) is 0 Å². The summed E-state index contributed by atoms with van der Waals surface area (Å²) < 4.78 is 61.1. The highest BCUT2D eigenvalue weighted by Crippen LogP contribution is 2.29. The number of carbonyl (C=O) groups excluding carboxylic acids is 1. The maximum Gasteiger partial charge on any atom is 0.262 e. The molecule has 0 aromatic heterocycles. The van der Waals surface area contributed by atoms with Gasteiger partial charge in [-0.25, -0.2) is 21.1 Å². The van der Waals surface area contributed by atoms with Gasteiger partial charge in [-0.15, -0.1) is 0 Å². The summed E-state index contributed by atoms with van der Waals surface area (Å²) in [6, 6.07) is 15.5. The van der Waals surface area contributed by atoms with E-state index in [0.29, 0.717) is 47.1 Å². The van der Waals surface area contributed by atoms with Crippen LogP contribution in [0.5, 0.6) is 5.75 Å². The first kappa shape index (κ1) is 30.1. The van der Waals surface area contributed by atoms with Crippen LogP contribution in [0.4, 0.5) is 11.4 Å². The summed E-state index contributed by atoms with van der Waals surface area (Å²) in [6.07, 6.45) is 1.05. The monoisotopic (exact) mass is 625 g/mol. The zero-order valence-electron chi connectivity index (χ0n) is 21.9. The predicted molar refractivity (Wildman–Crippen MR) is 157 cm³/mol. The van der Waals surface area contributed by atoms with E-state index in [2.05, 4.69) is 10.0 Å². The second kappa shape index (κ2) is 12.4. The van der Waals surface area contributed by atoms with Crippen molar-refractivity contribution in [1.82, 2.24) is 4.31 Å². The van der Waals surface area contributed by atoms with E-state index in [-0.39, 0.29) is 28.1 Å². The van der Waals surface area contributed by atoms with Crippen molar-refractivity contribution >= 4 is 60.5 Å². The lowest BCUT2D eigenvalue weighted by atomic mass is 9.99. The maximum atomic E-state index is 13.1. The van der Waals surface area contributed by atoms with Crippen LogP contribution in [0.1, 0.15) is 24.0 Å². The van der Waals surface area contributed by atoms with Crippen LogP contribution in [-0.4, -0.2) is 47.2 Å². The Bertz CT molecular complexity index is 1610. The number of hydrogen-bond donors (Lipinski definition) is 2. The van der Waals surface area contributed by atoms with Crippen molar-refractivity contribution in [1.29, 1.82) is 0 Å². The molecule has 0 saturated carbocycles. The number of carbonyl (C=O) groups is 1. The topological polar surface area (TPSA) is 122 Å². The van der Waals surface area contributed by atoms with Crippen molar-refractivity contribution in [3.05, 3.63) is 81.8 Å². The van der Waals surface area contributed by atoms with Gasteiger partial charge in [0.15, 0.2) is 0 Å². The first-order valence-electron chi connectivity index (χ1n) is 12.4. The molecule has 3 aromatic carbocycles. The molecule has 40 heavy (non-hydrogen) atoms. The van der Waals surface area contributed by atoms with Crippen LogP contribution in [0.2, 0.25) is 10.0 Å². The van der Waals surface area contributed by atoms with Gasteiger partial charge in [-0.1, -0.05) is 35.3 Å². The number of aryl methyl sites for hydroxylation is 1. The van der Waals surface area contributed by atoms with E-state index in [1.54, 1.807) is 24.3 Å². The van der Waals surface area contributed by atoms with Crippen molar-refractivity contribution < 1.29 is 26.4 Å². The molecule has 3 aromatic rings. The molecule has 0 radical (unpaired) electrons. The molecule has 13 heteroatoms. The smallest absolute Gasteiger partial charge is 0.262 e. The molecule has 0 spiro atoms. The zero-order chi connectivity index (χ0) is 29.1. The first-order valence-corrected chi connectivity index (χ1v) is 16.2. The Balaban J connectivity index is 1.40. The molecule has 1 saturated heterocycles. The van der Waals surface area contributed by atoms with Crippen molar-refractivity contribution in [2.24, 2.45) is 5.92 Å². The lowest BCUT2D eigenvalue weighted by Crippen LogP contribution is -2.44. The molecule has 4 rings (SSSR count). The summed E-state index contributed by atoms with van der Waals surface area (Å²) in [5.74, 6) is -0.820. The molecule has 0 bridgehead atoms. The van der Waals surface area contributed by atoms with Gasteiger partial charge >= 0.3 is 0 Å². The molecule has 214 valence electrons. The number of amides is 1. The first-order chi connectivity index (χ1) is 18.9. The molecule has 1 fully saturated rings. The molecule has 1 aliphatic rings. The van der Waals surface area contributed by atoms with Gasteiger partial charge in [0.05, 0.1) is 29.4 Å². The van der Waals surface area contributed by atoms with Crippen LogP contribution >= 0.6 is 23.2 Å². The second-order valence-corrected chi connectivity index (χ2v) is 14.0. The van der Waals surface area contributed by atoms with Gasteiger partial charge in [0.1, 0.15) is 5.75 Å². The van der Waals surface area contributed by atoms with Crippen LogP contribution < -0.4 is 14.8 Å². The van der Waals surface area contributed by atoms with E-state index < -0.39 is 26.0 Å².